The van der Waals surface area contributed by atoms with Crippen LogP contribution in [-0.2, 0) is 27.5 Å². The summed E-state index contributed by atoms with van der Waals surface area (Å²) in [6, 6.07) is 4.52. The molecule has 1 fully saturated rings. The van der Waals surface area contributed by atoms with Crippen LogP contribution in [0.15, 0.2) is 30.5 Å². The van der Waals surface area contributed by atoms with Crippen molar-refractivity contribution in [3.05, 3.63) is 47.5 Å². The first-order valence-electron chi connectivity index (χ1n) is 12.0. The maximum Gasteiger partial charge on any atom is 0.414 e. The SMILES string of the molecule is CCN(CC)CC#CCc1cn(C[C@H]2CN(c3ccc(C4=CCS(=O)(=O)CC4)c(F)c3)C(=O)O2)nn1. The van der Waals surface area contributed by atoms with E-state index in [-0.39, 0.29) is 24.5 Å². The van der Waals surface area contributed by atoms with Crippen molar-refractivity contribution < 1.29 is 22.3 Å². The fourth-order valence-corrected chi connectivity index (χ4v) is 5.32. The van der Waals surface area contributed by atoms with Crippen molar-refractivity contribution in [1.82, 2.24) is 19.9 Å². The van der Waals surface area contributed by atoms with Gasteiger partial charge in [-0.15, -0.1) is 5.10 Å². The minimum atomic E-state index is -3.10. The van der Waals surface area contributed by atoms with Crippen LogP contribution in [-0.4, -0.2) is 78.2 Å². The minimum Gasteiger partial charge on any atom is -0.442 e. The van der Waals surface area contributed by atoms with Gasteiger partial charge in [0.25, 0.3) is 0 Å². The third-order valence-corrected chi connectivity index (χ3v) is 7.82. The number of cyclic esters (lactones) is 1. The van der Waals surface area contributed by atoms with Gasteiger partial charge in [-0.25, -0.2) is 22.3 Å². The smallest absolute Gasteiger partial charge is 0.414 e. The molecule has 9 nitrogen and oxygen atoms in total. The Hall–Kier alpha value is -3.23. The molecule has 0 spiro atoms. The average molecular weight is 516 g/mol. The quantitative estimate of drug-likeness (QED) is 0.499. The van der Waals surface area contributed by atoms with Crippen molar-refractivity contribution in [3.8, 4) is 11.8 Å². The Morgan fingerprint density at radius 3 is 2.75 bits per heavy atom. The number of carbonyl (C=O) groups is 1. The molecule has 11 heteroatoms. The number of hydrogen-bond acceptors (Lipinski definition) is 7. The summed E-state index contributed by atoms with van der Waals surface area (Å²) in [4.78, 5) is 16.1. The number of benzene rings is 1. The molecule has 4 rings (SSSR count). The molecule has 2 aromatic rings. The van der Waals surface area contributed by atoms with Gasteiger partial charge in [-0.05, 0) is 43.3 Å². The largest absolute Gasteiger partial charge is 0.442 e. The zero-order chi connectivity index (χ0) is 25.7. The number of hydrogen-bond donors (Lipinski definition) is 0. The number of allylic oxidation sites excluding steroid dienone is 1. The van der Waals surface area contributed by atoms with E-state index in [1.807, 2.05) is 0 Å². The first-order chi connectivity index (χ1) is 17.3. The molecule has 2 aliphatic rings. The van der Waals surface area contributed by atoms with Gasteiger partial charge in [-0.1, -0.05) is 37.0 Å². The highest BCUT2D eigenvalue weighted by Gasteiger charge is 2.33. The van der Waals surface area contributed by atoms with E-state index in [1.165, 1.54) is 11.0 Å². The number of halogens is 1. The zero-order valence-electron chi connectivity index (χ0n) is 20.5. The van der Waals surface area contributed by atoms with E-state index >= 15 is 0 Å². The second-order valence-electron chi connectivity index (χ2n) is 8.80. The summed E-state index contributed by atoms with van der Waals surface area (Å²) in [5.41, 5.74) is 2.14. The molecule has 0 N–H and O–H groups in total. The molecule has 0 radical (unpaired) electrons. The van der Waals surface area contributed by atoms with Crippen LogP contribution in [0.5, 0.6) is 0 Å². The van der Waals surface area contributed by atoms with Gasteiger partial charge in [0.2, 0.25) is 0 Å². The number of aromatic nitrogens is 3. The zero-order valence-corrected chi connectivity index (χ0v) is 21.3. The second kappa shape index (κ2) is 11.2. The maximum absolute atomic E-state index is 14.9. The van der Waals surface area contributed by atoms with E-state index < -0.39 is 27.9 Å². The van der Waals surface area contributed by atoms with Crippen LogP contribution in [0.2, 0.25) is 0 Å². The standard InChI is InChI=1S/C25H30FN5O4S/c1-3-29(4-2)12-6-5-7-20-16-30(28-27-20)17-22-18-31(25(32)35-22)21-8-9-23(24(26)15-21)19-10-13-36(33,34)14-11-19/h8-10,15-16,22H,3-4,7,11-14,17-18H2,1-2H3/t22-/m0/s1. The lowest BCUT2D eigenvalue weighted by atomic mass is 10.0. The molecule has 0 saturated carbocycles. The minimum absolute atomic E-state index is 0.00699. The van der Waals surface area contributed by atoms with Gasteiger partial charge in [-0.2, -0.15) is 0 Å². The third kappa shape index (κ3) is 6.30. The van der Waals surface area contributed by atoms with Gasteiger partial charge in [0.15, 0.2) is 9.84 Å². The highest BCUT2D eigenvalue weighted by atomic mass is 32.2. The summed E-state index contributed by atoms with van der Waals surface area (Å²) < 4.78 is 45.2. The topological polar surface area (TPSA) is 97.6 Å². The van der Waals surface area contributed by atoms with Crippen LogP contribution >= 0.6 is 0 Å². The molecule has 36 heavy (non-hydrogen) atoms. The van der Waals surface area contributed by atoms with Gasteiger partial charge in [0.1, 0.15) is 11.9 Å². The van der Waals surface area contributed by atoms with Crippen molar-refractivity contribution >= 4 is 27.2 Å². The molecule has 1 amide bonds. The van der Waals surface area contributed by atoms with E-state index in [4.69, 9.17) is 4.74 Å². The Balaban J connectivity index is 1.35. The molecular formula is C25H30FN5O4S. The summed E-state index contributed by atoms with van der Waals surface area (Å²) in [5.74, 6) is 5.67. The summed E-state index contributed by atoms with van der Waals surface area (Å²) in [6.45, 7) is 7.41. The molecule has 0 aliphatic carbocycles. The summed E-state index contributed by atoms with van der Waals surface area (Å²) in [7, 11) is -3.10. The lowest BCUT2D eigenvalue weighted by Crippen LogP contribution is -2.26. The molecule has 1 aromatic heterocycles. The number of rotatable bonds is 8. The van der Waals surface area contributed by atoms with E-state index in [9.17, 15) is 17.6 Å². The van der Waals surface area contributed by atoms with E-state index in [0.29, 0.717) is 29.8 Å². The fraction of sp³-hybridized carbons (Fsp3) is 0.480. The molecular weight excluding hydrogens is 485 g/mol. The van der Waals surface area contributed by atoms with E-state index in [0.717, 1.165) is 25.3 Å². The van der Waals surface area contributed by atoms with Crippen molar-refractivity contribution in [3.63, 3.8) is 0 Å². The van der Waals surface area contributed by atoms with Gasteiger partial charge >= 0.3 is 6.09 Å². The normalized spacial score (nSPS) is 19.1. The predicted octanol–water partition coefficient (Wildman–Crippen LogP) is 2.53. The Morgan fingerprint density at radius 1 is 1.25 bits per heavy atom. The second-order valence-corrected chi connectivity index (χ2v) is 11.0. The van der Waals surface area contributed by atoms with Crippen molar-refractivity contribution in [2.75, 3.05) is 42.6 Å². The van der Waals surface area contributed by atoms with Crippen LogP contribution in [0.1, 0.15) is 31.5 Å². The molecule has 0 bridgehead atoms. The Labute approximate surface area is 210 Å². The predicted molar refractivity (Wildman–Crippen MR) is 135 cm³/mol. The number of carbonyl (C=O) groups excluding carboxylic acids is 1. The van der Waals surface area contributed by atoms with Gasteiger partial charge < -0.3 is 4.74 Å². The third-order valence-electron chi connectivity index (χ3n) is 6.32. The van der Waals surface area contributed by atoms with Crippen LogP contribution in [0, 0.1) is 17.7 Å². The lowest BCUT2D eigenvalue weighted by molar-refractivity contribution is 0.129. The number of nitrogens with zero attached hydrogens (tertiary/aromatic N) is 5. The molecule has 1 saturated heterocycles. The van der Waals surface area contributed by atoms with Crippen LogP contribution in [0.3, 0.4) is 0 Å². The number of anilines is 1. The number of ether oxygens (including phenoxy) is 1. The molecule has 0 unspecified atom stereocenters. The van der Waals surface area contributed by atoms with Gasteiger partial charge in [0, 0.05) is 11.8 Å². The molecule has 1 aromatic carbocycles. The maximum atomic E-state index is 14.9. The monoisotopic (exact) mass is 515 g/mol. The van der Waals surface area contributed by atoms with E-state index in [2.05, 4.69) is 40.9 Å². The summed E-state index contributed by atoms with van der Waals surface area (Å²) in [6.07, 6.45) is 3.09. The summed E-state index contributed by atoms with van der Waals surface area (Å²) >= 11 is 0. The average Bonchev–Trinajstić information content (AvgIpc) is 3.45. The van der Waals surface area contributed by atoms with Crippen LogP contribution in [0.25, 0.3) is 5.57 Å². The Kier molecular flexibility index (Phi) is 8.06. The molecule has 192 valence electrons. The van der Waals surface area contributed by atoms with Crippen LogP contribution < -0.4 is 4.90 Å². The van der Waals surface area contributed by atoms with Crippen LogP contribution in [0.4, 0.5) is 14.9 Å². The fourth-order valence-electron chi connectivity index (χ4n) is 4.17. The highest BCUT2D eigenvalue weighted by molar-refractivity contribution is 7.91. The van der Waals surface area contributed by atoms with Crippen molar-refractivity contribution in [2.24, 2.45) is 0 Å². The number of sulfone groups is 1. The number of amides is 1. The first kappa shape index (κ1) is 25.9. The van der Waals surface area contributed by atoms with Gasteiger partial charge in [-0.3, -0.25) is 9.80 Å². The summed E-state index contributed by atoms with van der Waals surface area (Å²) in [5, 5.41) is 8.24. The highest BCUT2D eigenvalue weighted by Crippen LogP contribution is 2.30. The Bertz CT molecular complexity index is 1310. The lowest BCUT2D eigenvalue weighted by Gasteiger charge is -2.17. The molecule has 2 aliphatic heterocycles. The molecule has 3 heterocycles. The van der Waals surface area contributed by atoms with Crippen molar-refractivity contribution in [1.29, 1.82) is 0 Å². The Morgan fingerprint density at radius 2 is 2.06 bits per heavy atom. The van der Waals surface area contributed by atoms with E-state index in [1.54, 1.807) is 29.1 Å². The first-order valence-corrected chi connectivity index (χ1v) is 13.8. The van der Waals surface area contributed by atoms with Gasteiger partial charge in [0.05, 0.1) is 48.9 Å². The van der Waals surface area contributed by atoms with Crippen molar-refractivity contribution in [2.45, 2.75) is 39.3 Å². The molecule has 1 atom stereocenters.